The average molecular weight is 555 g/mol. The Bertz CT molecular complexity index is 1450. The number of rotatable bonds is 9. The van der Waals surface area contributed by atoms with Crippen LogP contribution in [-0.4, -0.2) is 47.8 Å². The van der Waals surface area contributed by atoms with E-state index >= 15 is 0 Å². The van der Waals surface area contributed by atoms with E-state index in [2.05, 4.69) is 5.32 Å². The second-order valence-corrected chi connectivity index (χ2v) is 11.8. The third-order valence-corrected chi connectivity index (χ3v) is 8.34. The number of anilines is 1. The van der Waals surface area contributed by atoms with Gasteiger partial charge in [-0.15, -0.1) is 0 Å². The molecule has 1 amide bonds. The van der Waals surface area contributed by atoms with E-state index in [1.54, 1.807) is 43.5 Å². The number of ether oxygens (including phenoxy) is 4. The fourth-order valence-electron chi connectivity index (χ4n) is 4.59. The highest BCUT2D eigenvalue weighted by molar-refractivity contribution is 7.92. The number of sulfonamides is 1. The molecule has 39 heavy (non-hydrogen) atoms. The van der Waals surface area contributed by atoms with Gasteiger partial charge in [0.15, 0.2) is 11.5 Å². The molecule has 1 heterocycles. The maximum absolute atomic E-state index is 13.9. The second-order valence-electron chi connectivity index (χ2n) is 9.95. The summed E-state index contributed by atoms with van der Waals surface area (Å²) < 4.78 is 50.9. The molecule has 10 heteroatoms. The van der Waals surface area contributed by atoms with Crippen molar-refractivity contribution < 1.29 is 32.2 Å². The maximum Gasteiger partial charge on any atom is 0.264 e. The summed E-state index contributed by atoms with van der Waals surface area (Å²) in [4.78, 5) is 13.5. The van der Waals surface area contributed by atoms with Crippen LogP contribution in [0.5, 0.6) is 23.0 Å². The van der Waals surface area contributed by atoms with Crippen molar-refractivity contribution in [1.29, 1.82) is 0 Å². The number of fused-ring (bicyclic) bond motifs is 1. The normalized spacial score (nSPS) is 15.9. The first-order valence-corrected chi connectivity index (χ1v) is 13.9. The van der Waals surface area contributed by atoms with Crippen molar-refractivity contribution in [2.24, 2.45) is 0 Å². The molecule has 0 fully saturated rings. The topological polar surface area (TPSA) is 103 Å². The molecule has 0 saturated heterocycles. The van der Waals surface area contributed by atoms with Crippen LogP contribution < -0.4 is 28.6 Å². The molecule has 0 aliphatic carbocycles. The molecule has 0 spiro atoms. The lowest BCUT2D eigenvalue weighted by Crippen LogP contribution is -2.45. The maximum atomic E-state index is 13.9. The third kappa shape index (κ3) is 6.06. The first kappa shape index (κ1) is 28.1. The van der Waals surface area contributed by atoms with E-state index < -0.39 is 28.1 Å². The van der Waals surface area contributed by atoms with Gasteiger partial charge in [0.1, 0.15) is 23.6 Å². The van der Waals surface area contributed by atoms with Gasteiger partial charge in [-0.2, -0.15) is 0 Å². The van der Waals surface area contributed by atoms with Gasteiger partial charge in [0.25, 0.3) is 10.0 Å². The summed E-state index contributed by atoms with van der Waals surface area (Å²) in [5, 5.41) is 3.03. The monoisotopic (exact) mass is 554 g/mol. The fourth-order valence-corrected chi connectivity index (χ4v) is 6.03. The molecule has 3 aromatic carbocycles. The molecule has 1 atom stereocenters. The van der Waals surface area contributed by atoms with E-state index in [1.165, 1.54) is 32.4 Å². The Balaban J connectivity index is 1.67. The molecule has 0 radical (unpaired) electrons. The lowest BCUT2D eigenvalue weighted by Gasteiger charge is -2.38. The van der Waals surface area contributed by atoms with Gasteiger partial charge in [-0.1, -0.05) is 17.7 Å². The fraction of sp³-hybridized carbons (Fsp3) is 0.345. The van der Waals surface area contributed by atoms with Gasteiger partial charge in [0.2, 0.25) is 5.91 Å². The van der Waals surface area contributed by atoms with E-state index in [4.69, 9.17) is 18.9 Å². The summed E-state index contributed by atoms with van der Waals surface area (Å²) in [6, 6.07) is 16.4. The Morgan fingerprint density at radius 1 is 0.974 bits per heavy atom. The van der Waals surface area contributed by atoms with E-state index in [1.807, 2.05) is 26.8 Å². The summed E-state index contributed by atoms with van der Waals surface area (Å²) in [6.07, 6.45) is 0.505. The SMILES string of the molecule is COc1ccc2c(c1)OC(C)(C)CC2NC(=O)CN(c1ccc(C)cc1)S(=O)(=O)c1ccc(OC)c(OC)c1. The molecule has 208 valence electrons. The highest BCUT2D eigenvalue weighted by Crippen LogP contribution is 2.41. The first-order chi connectivity index (χ1) is 18.5. The Hall–Kier alpha value is -3.92. The van der Waals surface area contributed by atoms with Gasteiger partial charge in [-0.05, 0) is 57.2 Å². The van der Waals surface area contributed by atoms with Gasteiger partial charge in [-0.25, -0.2) is 8.42 Å². The number of hydrogen-bond acceptors (Lipinski definition) is 7. The van der Waals surface area contributed by atoms with E-state index in [-0.39, 0.29) is 16.7 Å². The molecule has 1 aliphatic heterocycles. The summed E-state index contributed by atoms with van der Waals surface area (Å²) in [5.41, 5.74) is 1.57. The molecule has 1 N–H and O–H groups in total. The lowest BCUT2D eigenvalue weighted by molar-refractivity contribution is -0.120. The number of carbonyl (C=O) groups excluding carboxylic acids is 1. The predicted octanol–water partition coefficient (Wildman–Crippen LogP) is 4.63. The Morgan fingerprint density at radius 2 is 1.67 bits per heavy atom. The molecule has 3 aromatic rings. The number of aryl methyl sites for hydroxylation is 1. The summed E-state index contributed by atoms with van der Waals surface area (Å²) in [5.74, 6) is 1.47. The zero-order valence-corrected chi connectivity index (χ0v) is 23.8. The Kier molecular flexibility index (Phi) is 7.96. The largest absolute Gasteiger partial charge is 0.497 e. The Morgan fingerprint density at radius 3 is 2.31 bits per heavy atom. The van der Waals surface area contributed by atoms with Crippen LogP contribution in [0.2, 0.25) is 0 Å². The third-order valence-electron chi connectivity index (χ3n) is 6.57. The summed E-state index contributed by atoms with van der Waals surface area (Å²) in [7, 11) is 0.326. The van der Waals surface area contributed by atoms with Crippen LogP contribution in [0.3, 0.4) is 0 Å². The second kappa shape index (κ2) is 11.1. The number of amides is 1. The van der Waals surface area contributed by atoms with Crippen LogP contribution in [0.1, 0.15) is 37.4 Å². The van der Waals surface area contributed by atoms with Crippen LogP contribution in [0.4, 0.5) is 5.69 Å². The predicted molar refractivity (Wildman–Crippen MR) is 148 cm³/mol. The van der Waals surface area contributed by atoms with Crippen LogP contribution >= 0.6 is 0 Å². The quantitative estimate of drug-likeness (QED) is 0.411. The smallest absolute Gasteiger partial charge is 0.264 e. The van der Waals surface area contributed by atoms with Crippen molar-refractivity contribution in [3.8, 4) is 23.0 Å². The van der Waals surface area contributed by atoms with E-state index in [9.17, 15) is 13.2 Å². The van der Waals surface area contributed by atoms with Gasteiger partial charge >= 0.3 is 0 Å². The van der Waals surface area contributed by atoms with Crippen LogP contribution in [0, 0.1) is 6.92 Å². The van der Waals surface area contributed by atoms with Gasteiger partial charge in [-0.3, -0.25) is 9.10 Å². The molecule has 1 aliphatic rings. The number of nitrogens with zero attached hydrogens (tertiary/aromatic N) is 1. The molecule has 0 aromatic heterocycles. The minimum Gasteiger partial charge on any atom is -0.497 e. The Labute approximate surface area is 229 Å². The minimum atomic E-state index is -4.16. The molecule has 0 saturated carbocycles. The van der Waals surface area contributed by atoms with Crippen molar-refractivity contribution in [3.05, 3.63) is 71.8 Å². The highest BCUT2D eigenvalue weighted by Gasteiger charge is 2.36. The van der Waals surface area contributed by atoms with Crippen LogP contribution in [-0.2, 0) is 14.8 Å². The van der Waals surface area contributed by atoms with Crippen LogP contribution in [0.25, 0.3) is 0 Å². The van der Waals surface area contributed by atoms with Crippen molar-refractivity contribution >= 4 is 21.6 Å². The first-order valence-electron chi connectivity index (χ1n) is 12.4. The number of nitrogens with one attached hydrogen (secondary N) is 1. The molecular weight excluding hydrogens is 520 g/mol. The van der Waals surface area contributed by atoms with E-state index in [0.29, 0.717) is 29.4 Å². The van der Waals surface area contributed by atoms with Crippen molar-refractivity contribution in [3.63, 3.8) is 0 Å². The molecule has 4 rings (SSSR count). The van der Waals surface area contributed by atoms with Crippen LogP contribution in [0.15, 0.2) is 65.6 Å². The highest BCUT2D eigenvalue weighted by atomic mass is 32.2. The molecule has 1 unspecified atom stereocenters. The summed E-state index contributed by atoms with van der Waals surface area (Å²) >= 11 is 0. The average Bonchev–Trinajstić information content (AvgIpc) is 2.90. The number of hydrogen-bond donors (Lipinski definition) is 1. The number of benzene rings is 3. The zero-order valence-electron chi connectivity index (χ0n) is 23.0. The van der Waals surface area contributed by atoms with Gasteiger partial charge in [0.05, 0.1) is 38.0 Å². The number of carbonyl (C=O) groups is 1. The van der Waals surface area contributed by atoms with Crippen molar-refractivity contribution in [2.75, 3.05) is 32.2 Å². The molecule has 9 nitrogen and oxygen atoms in total. The molecular formula is C29H34N2O7S. The van der Waals surface area contributed by atoms with Crippen molar-refractivity contribution in [1.82, 2.24) is 5.32 Å². The lowest BCUT2D eigenvalue weighted by atomic mass is 9.89. The standard InChI is InChI=1S/C29H34N2O7S/c1-19-7-9-20(10-8-19)31(39(33,34)22-12-14-25(36-5)27(16-22)37-6)18-28(32)30-24-17-29(2,3)38-26-15-21(35-4)11-13-23(24)26/h7-16,24H,17-18H2,1-6H3,(H,30,32). The molecule has 0 bridgehead atoms. The van der Waals surface area contributed by atoms with E-state index in [0.717, 1.165) is 15.4 Å². The van der Waals surface area contributed by atoms with Crippen molar-refractivity contribution in [2.45, 2.75) is 43.7 Å². The van der Waals surface area contributed by atoms with Gasteiger partial charge in [0, 0.05) is 24.1 Å². The minimum absolute atomic E-state index is 0.0295. The van der Waals surface area contributed by atoms with Gasteiger partial charge < -0.3 is 24.3 Å². The summed E-state index contributed by atoms with van der Waals surface area (Å²) in [6.45, 7) is 5.36. The number of methoxy groups -OCH3 is 3. The zero-order chi connectivity index (χ0) is 28.4.